The highest BCUT2D eigenvalue weighted by Gasteiger charge is 2.31. The maximum atomic E-state index is 11.6. The second-order valence-corrected chi connectivity index (χ2v) is 4.32. The van der Waals surface area contributed by atoms with E-state index in [1.807, 2.05) is 0 Å². The minimum Gasteiger partial charge on any atom is -0.462 e. The van der Waals surface area contributed by atoms with Crippen LogP contribution in [-0.4, -0.2) is 76.3 Å². The van der Waals surface area contributed by atoms with Crippen LogP contribution in [0.25, 0.3) is 0 Å². The van der Waals surface area contributed by atoms with Crippen LogP contribution in [0.3, 0.4) is 0 Å². The van der Waals surface area contributed by atoms with Crippen LogP contribution in [0.5, 0.6) is 0 Å². The second kappa shape index (κ2) is 7.51. The first kappa shape index (κ1) is 14.4. The predicted molar refractivity (Wildman–Crippen MR) is 62.1 cm³/mol. The van der Waals surface area contributed by atoms with Gasteiger partial charge in [-0.2, -0.15) is 0 Å². The lowest BCUT2D eigenvalue weighted by atomic mass is 10.1. The quantitative estimate of drug-likeness (QED) is 0.309. The van der Waals surface area contributed by atoms with Gasteiger partial charge in [0.2, 0.25) is 0 Å². The third kappa shape index (κ3) is 4.51. The highest BCUT2D eigenvalue weighted by Crippen LogP contribution is 2.08. The minimum absolute atomic E-state index is 0.453. The second-order valence-electron chi connectivity index (χ2n) is 4.32. The zero-order valence-electron chi connectivity index (χ0n) is 11.3. The van der Waals surface area contributed by atoms with E-state index in [1.165, 1.54) is 0 Å². The van der Waals surface area contributed by atoms with Gasteiger partial charge < -0.3 is 30.5 Å². The number of rotatable bonds is 7. The number of aliphatic hydroxyl groups excluding tert-OH is 4. The Bertz CT molecular complexity index is 354. The third-order valence-corrected chi connectivity index (χ3v) is 2.86. The summed E-state index contributed by atoms with van der Waals surface area (Å²) in [6.45, 7) is -1.13. The molecule has 0 amide bonds. The van der Waals surface area contributed by atoms with Crippen LogP contribution >= 0.6 is 0 Å². The Morgan fingerprint density at radius 1 is 1.42 bits per heavy atom. The highest BCUT2D eigenvalue weighted by molar-refractivity contribution is 5.84. The van der Waals surface area contributed by atoms with E-state index in [-0.39, 0.29) is 0 Å². The van der Waals surface area contributed by atoms with Gasteiger partial charge in [0.05, 0.1) is 0 Å². The maximum Gasteiger partial charge on any atom is 0.323 e. The summed E-state index contributed by atoms with van der Waals surface area (Å²) in [5.74, 6) is -1.75. The molecule has 0 unspecified atom stereocenters. The summed E-state index contributed by atoms with van der Waals surface area (Å²) in [5.41, 5.74) is 0. The van der Waals surface area contributed by atoms with Gasteiger partial charge in [-0.1, -0.05) is 0 Å². The molecular weight excluding hydrogens is 258 g/mol. The number of aliphatic hydroxyl groups is 4. The Morgan fingerprint density at radius 3 is 2.63 bits per heavy atom. The van der Waals surface area contributed by atoms with Crippen molar-refractivity contribution >= 4 is 11.8 Å². The summed E-state index contributed by atoms with van der Waals surface area (Å²) < 4.78 is 12.2. The summed E-state index contributed by atoms with van der Waals surface area (Å²) in [7, 11) is 0. The Morgan fingerprint density at radius 2 is 2.11 bits per heavy atom. The maximum absolute atomic E-state index is 11.6. The molecule has 4 atom stereocenters. The summed E-state index contributed by atoms with van der Waals surface area (Å²) in [6, 6.07) is -0.705. The molecule has 1 heterocycles. The number of hydrogen-bond acceptors (Lipinski definition) is 8. The molecule has 5 N–H and O–H groups in total. The van der Waals surface area contributed by atoms with Gasteiger partial charge in [0.1, 0.15) is 39.0 Å². The molecule has 1 aliphatic rings. The third-order valence-electron chi connectivity index (χ3n) is 2.86. The summed E-state index contributed by atoms with van der Waals surface area (Å²) in [5, 5.41) is 37.8. The average molecular weight is 278 g/mol. The van der Waals surface area contributed by atoms with Gasteiger partial charge in [-0.25, -0.2) is 0 Å². The minimum atomic E-state index is -1.95. The summed E-state index contributed by atoms with van der Waals surface area (Å²) >= 11 is 0. The van der Waals surface area contributed by atoms with Gasteiger partial charge in [-0.15, -0.1) is 0 Å². The van der Waals surface area contributed by atoms with E-state index in [2.05, 4.69) is 0 Å². The summed E-state index contributed by atoms with van der Waals surface area (Å²) in [4.78, 5) is 22.5. The smallest absolute Gasteiger partial charge is 0.323 e. The van der Waals surface area contributed by atoms with E-state index < -0.39 is 49.3 Å². The lowest BCUT2D eigenvalue weighted by molar-refractivity contribution is -0.156. The molecule has 0 bridgehead atoms. The SMILES string of the molecule is [2H]N1CCC[C@H]1C(=O)OC[C@@H](O)[C@@H](O)[C@H](O)C(=O)CO. The highest BCUT2D eigenvalue weighted by atomic mass is 16.5. The van der Waals surface area contributed by atoms with Crippen molar-refractivity contribution in [3.63, 3.8) is 0 Å². The molecular formula is C11H19NO7. The van der Waals surface area contributed by atoms with Crippen molar-refractivity contribution in [1.29, 1.82) is 0 Å². The Hall–Kier alpha value is -1.06. The molecule has 1 rings (SSSR count). The number of nitrogens with one attached hydrogen (secondary N) is 1. The van der Waals surface area contributed by atoms with Crippen LogP contribution in [0, 0.1) is 0 Å². The summed E-state index contributed by atoms with van der Waals surface area (Å²) in [6.07, 6.45) is -4.30. The molecule has 1 aliphatic heterocycles. The fraction of sp³-hybridized carbons (Fsp3) is 0.818. The molecule has 0 radical (unpaired) electrons. The topological polar surface area (TPSA) is 136 Å². The number of ether oxygens (including phenoxy) is 1. The van der Waals surface area contributed by atoms with Gasteiger partial charge >= 0.3 is 5.97 Å². The van der Waals surface area contributed by atoms with E-state index in [9.17, 15) is 24.9 Å². The lowest BCUT2D eigenvalue weighted by Crippen LogP contribution is -2.46. The molecule has 0 aromatic rings. The fourth-order valence-corrected chi connectivity index (χ4v) is 1.67. The van der Waals surface area contributed by atoms with Crippen molar-refractivity contribution in [2.45, 2.75) is 37.2 Å². The predicted octanol–water partition coefficient (Wildman–Crippen LogP) is -3.07. The van der Waals surface area contributed by atoms with Crippen molar-refractivity contribution in [2.24, 2.45) is 0 Å². The monoisotopic (exact) mass is 278 g/mol. The number of esters is 1. The van der Waals surface area contributed by atoms with Gasteiger partial charge in [-0.05, 0) is 19.4 Å². The van der Waals surface area contributed by atoms with Crippen molar-refractivity contribution in [3.05, 3.63) is 0 Å². The molecule has 8 nitrogen and oxygen atoms in total. The molecule has 19 heavy (non-hydrogen) atoms. The largest absolute Gasteiger partial charge is 0.462 e. The first-order chi connectivity index (χ1) is 9.38. The van der Waals surface area contributed by atoms with Gasteiger partial charge in [0, 0.05) is 0 Å². The van der Waals surface area contributed by atoms with Crippen LogP contribution in [0.15, 0.2) is 0 Å². The fourth-order valence-electron chi connectivity index (χ4n) is 1.67. The zero-order chi connectivity index (χ0) is 15.3. The number of ketones is 1. The number of carbonyl (C=O) groups is 2. The standard InChI is InChI=1S/C11H19NO7/c13-4-7(14)9(16)10(17)8(15)5-19-11(18)6-2-1-3-12-6/h6,8-10,12-13,15-17H,1-5H2/t6-,8+,9+,10+/m0/s1/i/hD. The van der Waals surface area contributed by atoms with Crippen molar-refractivity contribution < 1.29 is 36.2 Å². The Labute approximate surface area is 111 Å². The zero-order valence-corrected chi connectivity index (χ0v) is 10.3. The van der Waals surface area contributed by atoms with Crippen molar-refractivity contribution in [3.8, 4) is 0 Å². The molecule has 8 heteroatoms. The van der Waals surface area contributed by atoms with Crippen LogP contribution < -0.4 is 5.31 Å². The molecule has 1 saturated heterocycles. The van der Waals surface area contributed by atoms with Crippen LogP contribution in [0.4, 0.5) is 0 Å². The molecule has 0 saturated carbocycles. The lowest BCUT2D eigenvalue weighted by Gasteiger charge is -2.21. The molecule has 0 spiro atoms. The first-order valence-electron chi connectivity index (χ1n) is 6.43. The van der Waals surface area contributed by atoms with Crippen LogP contribution in [-0.2, 0) is 14.3 Å². The van der Waals surface area contributed by atoms with Crippen LogP contribution in [0.1, 0.15) is 12.8 Å². The molecule has 0 aromatic carbocycles. The van der Waals surface area contributed by atoms with Gasteiger partial charge in [-0.3, -0.25) is 9.59 Å². The molecule has 110 valence electrons. The van der Waals surface area contributed by atoms with Gasteiger partial charge in [0.15, 0.2) is 5.78 Å². The number of carbonyl (C=O) groups excluding carboxylic acids is 2. The first-order valence-corrected chi connectivity index (χ1v) is 5.98. The number of Topliss-reactive ketones (excluding diaryl/α,β-unsaturated/α-hetero) is 1. The van der Waals surface area contributed by atoms with E-state index in [0.717, 1.165) is 5.31 Å². The van der Waals surface area contributed by atoms with E-state index in [1.54, 1.807) is 0 Å². The van der Waals surface area contributed by atoms with Crippen molar-refractivity contribution in [1.82, 2.24) is 5.31 Å². The van der Waals surface area contributed by atoms with Gasteiger partial charge in [0.25, 0.3) is 0 Å². The molecule has 1 fully saturated rings. The van der Waals surface area contributed by atoms with E-state index >= 15 is 0 Å². The Balaban J connectivity index is 2.40. The molecule has 0 aromatic heterocycles. The average Bonchev–Trinajstić information content (AvgIpc) is 2.87. The van der Waals surface area contributed by atoms with Crippen molar-refractivity contribution in [2.75, 3.05) is 19.8 Å². The van der Waals surface area contributed by atoms with E-state index in [0.29, 0.717) is 19.4 Å². The van der Waals surface area contributed by atoms with Crippen LogP contribution in [0.2, 0.25) is 1.41 Å². The normalized spacial score (nSPS) is 25.5. The molecule has 0 aliphatic carbocycles. The van der Waals surface area contributed by atoms with E-state index in [4.69, 9.17) is 11.3 Å². The Kier molecular flexibility index (Phi) is 5.67. The number of hydrogen-bond donors (Lipinski definition) is 5.